The highest BCUT2D eigenvalue weighted by Gasteiger charge is 2.39. The minimum atomic E-state index is -4.87. The molecule has 0 aromatic heterocycles. The second-order valence-electron chi connectivity index (χ2n) is 5.26. The van der Waals surface area contributed by atoms with Crippen LogP contribution in [0.4, 0.5) is 26.3 Å². The molecule has 1 heterocycles. The van der Waals surface area contributed by atoms with Crippen molar-refractivity contribution in [1.29, 1.82) is 0 Å². The first kappa shape index (κ1) is 20.8. The number of nitrogens with one attached hydrogen (secondary N) is 1. The molecule has 0 bridgehead atoms. The predicted molar refractivity (Wildman–Crippen MR) is 81.1 cm³/mol. The molecule has 1 aromatic rings. The smallest absolute Gasteiger partial charge is 0.314 e. The number of piperazine rings is 1. The van der Waals surface area contributed by atoms with E-state index in [0.29, 0.717) is 32.2 Å². The molecule has 1 atom stereocenters. The summed E-state index contributed by atoms with van der Waals surface area (Å²) in [4.78, 5) is 1.77. The second kappa shape index (κ2) is 7.76. The topological polar surface area (TPSA) is 15.3 Å². The van der Waals surface area contributed by atoms with Gasteiger partial charge in [-0.15, -0.1) is 19.0 Å². The zero-order valence-electron chi connectivity index (χ0n) is 12.5. The maximum Gasteiger partial charge on any atom is 0.416 e. The molecule has 1 aromatic carbocycles. The third-order valence-corrected chi connectivity index (χ3v) is 3.77. The van der Waals surface area contributed by atoms with Gasteiger partial charge in [0.15, 0.2) is 0 Å². The van der Waals surface area contributed by atoms with Crippen LogP contribution < -0.4 is 5.32 Å². The van der Waals surface area contributed by atoms with E-state index in [2.05, 4.69) is 11.9 Å². The third kappa shape index (κ3) is 4.64. The Kier molecular flexibility index (Phi) is 6.72. The number of hydrogen-bond acceptors (Lipinski definition) is 2. The van der Waals surface area contributed by atoms with Gasteiger partial charge in [0, 0.05) is 26.2 Å². The molecule has 2 rings (SSSR count). The van der Waals surface area contributed by atoms with E-state index in [4.69, 9.17) is 0 Å². The number of halogens is 7. The molecule has 1 fully saturated rings. The lowest BCUT2D eigenvalue weighted by molar-refractivity contribution is -0.143. The van der Waals surface area contributed by atoms with Crippen molar-refractivity contribution in [2.45, 2.75) is 18.4 Å². The maximum absolute atomic E-state index is 13.2. The summed E-state index contributed by atoms with van der Waals surface area (Å²) >= 11 is 0. The van der Waals surface area contributed by atoms with E-state index in [9.17, 15) is 26.3 Å². The summed E-state index contributed by atoms with van der Waals surface area (Å²) in [5, 5.41) is 3.07. The van der Waals surface area contributed by atoms with E-state index in [0.717, 1.165) is 6.07 Å². The summed E-state index contributed by atoms with van der Waals surface area (Å²) < 4.78 is 77.9. The fourth-order valence-electron chi connectivity index (χ4n) is 2.67. The largest absolute Gasteiger partial charge is 0.416 e. The van der Waals surface area contributed by atoms with Crippen LogP contribution in [0.15, 0.2) is 30.9 Å². The Labute approximate surface area is 141 Å². The number of alkyl halides is 6. The maximum atomic E-state index is 13.2. The van der Waals surface area contributed by atoms with Crippen LogP contribution in [0, 0.1) is 0 Å². The molecule has 0 unspecified atom stereocenters. The van der Waals surface area contributed by atoms with E-state index >= 15 is 0 Å². The van der Waals surface area contributed by atoms with Gasteiger partial charge in [-0.05, 0) is 17.7 Å². The summed E-state index contributed by atoms with van der Waals surface area (Å²) in [6, 6.07) is 0.980. The number of rotatable bonds is 3. The van der Waals surface area contributed by atoms with Gasteiger partial charge in [-0.3, -0.25) is 4.90 Å². The summed E-state index contributed by atoms with van der Waals surface area (Å²) in [6.07, 6.45) is -8.35. The summed E-state index contributed by atoms with van der Waals surface area (Å²) in [5.74, 6) is 0. The van der Waals surface area contributed by atoms with Gasteiger partial charge >= 0.3 is 12.4 Å². The van der Waals surface area contributed by atoms with Gasteiger partial charge in [0.05, 0.1) is 17.2 Å². The molecule has 0 amide bonds. The van der Waals surface area contributed by atoms with Gasteiger partial charge in [0.25, 0.3) is 0 Å². The Bertz CT molecular complexity index is 564. The van der Waals surface area contributed by atoms with E-state index in [1.165, 1.54) is 6.08 Å². The van der Waals surface area contributed by atoms with Gasteiger partial charge in [-0.25, -0.2) is 0 Å². The van der Waals surface area contributed by atoms with Crippen LogP contribution in [-0.2, 0) is 12.4 Å². The van der Waals surface area contributed by atoms with Crippen LogP contribution in [0.3, 0.4) is 0 Å². The average molecular weight is 375 g/mol. The highest BCUT2D eigenvalue weighted by molar-refractivity contribution is 5.85. The number of benzene rings is 1. The Morgan fingerprint density at radius 2 is 1.62 bits per heavy atom. The minimum Gasteiger partial charge on any atom is -0.314 e. The average Bonchev–Trinajstić information content (AvgIpc) is 2.47. The summed E-state index contributed by atoms with van der Waals surface area (Å²) in [7, 11) is 0. The fourth-order valence-corrected chi connectivity index (χ4v) is 2.67. The molecule has 1 aliphatic heterocycles. The van der Waals surface area contributed by atoms with E-state index < -0.39 is 29.5 Å². The normalized spacial score (nSPS) is 17.9. The summed E-state index contributed by atoms with van der Waals surface area (Å²) in [6.45, 7) is 5.75. The molecule has 0 saturated carbocycles. The van der Waals surface area contributed by atoms with Crippen LogP contribution >= 0.6 is 12.4 Å². The minimum absolute atomic E-state index is 0. The first-order valence-electron chi connectivity index (χ1n) is 7.00. The molecule has 136 valence electrons. The quantitative estimate of drug-likeness (QED) is 0.627. The van der Waals surface area contributed by atoms with E-state index in [-0.39, 0.29) is 24.0 Å². The van der Waals surface area contributed by atoms with Crippen LogP contribution in [0.25, 0.3) is 0 Å². The lowest BCUT2D eigenvalue weighted by Crippen LogP contribution is -2.45. The molecule has 1 saturated heterocycles. The van der Waals surface area contributed by atoms with Crippen molar-refractivity contribution in [3.8, 4) is 0 Å². The van der Waals surface area contributed by atoms with Crippen molar-refractivity contribution in [1.82, 2.24) is 10.2 Å². The highest BCUT2D eigenvalue weighted by Crippen LogP contribution is 2.40. The Hall–Kier alpha value is -1.25. The second-order valence-corrected chi connectivity index (χ2v) is 5.26. The molecule has 0 aliphatic carbocycles. The first-order valence-corrected chi connectivity index (χ1v) is 7.00. The van der Waals surface area contributed by atoms with Gasteiger partial charge in [-0.2, -0.15) is 26.3 Å². The Morgan fingerprint density at radius 3 is 2.08 bits per heavy atom. The van der Waals surface area contributed by atoms with E-state index in [1.54, 1.807) is 4.90 Å². The Morgan fingerprint density at radius 1 is 1.04 bits per heavy atom. The van der Waals surface area contributed by atoms with Gasteiger partial charge in [0.1, 0.15) is 0 Å². The first-order chi connectivity index (χ1) is 10.6. The lowest BCUT2D eigenvalue weighted by atomic mass is 9.95. The highest BCUT2D eigenvalue weighted by atomic mass is 35.5. The van der Waals surface area contributed by atoms with Crippen LogP contribution in [0.2, 0.25) is 0 Å². The van der Waals surface area contributed by atoms with E-state index in [1.807, 2.05) is 0 Å². The van der Waals surface area contributed by atoms with Crippen molar-refractivity contribution in [3.63, 3.8) is 0 Å². The fraction of sp³-hybridized carbons (Fsp3) is 0.467. The molecule has 0 radical (unpaired) electrons. The van der Waals surface area contributed by atoms with Crippen LogP contribution in [0.5, 0.6) is 0 Å². The standard InChI is InChI=1S/C15H16F6N2.ClH/c1-2-13(23-7-5-22-6-8-23)11-4-3-10(14(16,17)18)9-12(11)15(19,20)21;/h2-4,9,13,22H,1,5-8H2;1H/t13-;/m1./s1. The number of nitrogens with zero attached hydrogens (tertiary/aromatic N) is 1. The molecular formula is C15H17ClF6N2. The monoisotopic (exact) mass is 374 g/mol. The number of hydrogen-bond donors (Lipinski definition) is 1. The van der Waals surface area contributed by atoms with Crippen molar-refractivity contribution in [2.75, 3.05) is 26.2 Å². The molecular weight excluding hydrogens is 358 g/mol. The van der Waals surface area contributed by atoms with Crippen molar-refractivity contribution < 1.29 is 26.3 Å². The van der Waals surface area contributed by atoms with Gasteiger partial charge in [-0.1, -0.05) is 12.1 Å². The molecule has 1 N–H and O–H groups in total. The Balaban J connectivity index is 0.00000288. The molecule has 0 spiro atoms. The molecule has 2 nitrogen and oxygen atoms in total. The van der Waals surface area contributed by atoms with Gasteiger partial charge in [0.2, 0.25) is 0 Å². The van der Waals surface area contributed by atoms with Gasteiger partial charge < -0.3 is 5.32 Å². The van der Waals surface area contributed by atoms with Crippen LogP contribution in [0.1, 0.15) is 22.7 Å². The molecule has 24 heavy (non-hydrogen) atoms. The van der Waals surface area contributed by atoms with Crippen LogP contribution in [-0.4, -0.2) is 31.1 Å². The SMILES string of the molecule is C=C[C@H](c1ccc(C(F)(F)F)cc1C(F)(F)F)N1CCNCC1.Cl. The predicted octanol–water partition coefficient (Wildman–Crippen LogP) is 4.28. The summed E-state index contributed by atoms with van der Waals surface area (Å²) in [5.41, 5.74) is -2.78. The molecule has 9 heteroatoms. The molecule has 1 aliphatic rings. The zero-order chi connectivity index (χ0) is 17.3. The van der Waals surface area contributed by atoms with Crippen molar-refractivity contribution >= 4 is 12.4 Å². The van der Waals surface area contributed by atoms with Crippen molar-refractivity contribution in [2.24, 2.45) is 0 Å². The third-order valence-electron chi connectivity index (χ3n) is 3.77. The lowest BCUT2D eigenvalue weighted by Gasteiger charge is -2.34. The zero-order valence-corrected chi connectivity index (χ0v) is 13.4. The van der Waals surface area contributed by atoms with Crippen molar-refractivity contribution in [3.05, 3.63) is 47.5 Å².